The number of Topliss-reactive ketones (excluding diaryl/α,β-unsaturated/α-hetero) is 1. The van der Waals surface area contributed by atoms with Gasteiger partial charge in [0.05, 0.1) is 38.8 Å². The number of piperidine rings is 1. The molecule has 5 aromatic carbocycles. The highest BCUT2D eigenvalue weighted by molar-refractivity contribution is 7.89. The quantitative estimate of drug-likeness (QED) is 0.0179. The second kappa shape index (κ2) is 33.4. The van der Waals surface area contributed by atoms with Gasteiger partial charge < -0.3 is 35.3 Å². The molecule has 4 aliphatic rings. The van der Waals surface area contributed by atoms with Crippen LogP contribution in [0.5, 0.6) is 0 Å². The molecule has 0 unspecified atom stereocenters. The Kier molecular flexibility index (Phi) is 24.1. The van der Waals surface area contributed by atoms with E-state index in [1.807, 2.05) is 80.7 Å². The van der Waals surface area contributed by atoms with Gasteiger partial charge in [-0.25, -0.2) is 22.9 Å². The van der Waals surface area contributed by atoms with E-state index in [0.29, 0.717) is 109 Å². The first kappa shape index (κ1) is 73.6. The molecular weight excluding hydrogens is 1330 g/mol. The van der Waals surface area contributed by atoms with Crippen LogP contribution in [0.1, 0.15) is 170 Å². The lowest BCUT2D eigenvalue weighted by atomic mass is 9.85. The molecule has 1 aliphatic carbocycles. The van der Waals surface area contributed by atoms with E-state index in [1.165, 1.54) is 25.9 Å². The summed E-state index contributed by atoms with van der Waals surface area (Å²) < 4.78 is 45.5. The van der Waals surface area contributed by atoms with Crippen molar-refractivity contribution in [3.8, 4) is 22.5 Å². The fraction of sp³-hybridized carbons (Fsp3) is 0.388. The number of sulfonamides is 1. The molecule has 3 aliphatic heterocycles. The summed E-state index contributed by atoms with van der Waals surface area (Å²) in [5, 5.41) is 25.9. The number of rotatable bonds is 31. The number of thiophene rings is 1. The van der Waals surface area contributed by atoms with Crippen molar-refractivity contribution in [1.82, 2.24) is 40.6 Å². The fourth-order valence-electron chi connectivity index (χ4n) is 13.8. The van der Waals surface area contributed by atoms with Crippen molar-refractivity contribution < 1.29 is 46.3 Å². The van der Waals surface area contributed by atoms with Gasteiger partial charge in [-0.15, -0.1) is 5.10 Å². The zero-order valence-corrected chi connectivity index (χ0v) is 60.9. The first-order valence-electron chi connectivity index (χ1n) is 35.7. The van der Waals surface area contributed by atoms with Crippen molar-refractivity contribution in [2.24, 2.45) is 16.8 Å². The standard InChI is InChI=1S/C80H92N10O10S2/c1-8-22-55-23-12-15-26-65(55)84-60-30-32-62-69(47-60)100-70-48-61(89-43-36-56-24-13-16-27-66(56)89)31-33-63(70)75(62)64-25-14-17-29-71(64)102(97,98)88-41-34-57(35-42-88)76(93)82-39-19-10-11-20-40-83-77(94)59-45-53(5)74(54(6)46-59)79(96)99-50-68(91)67(28-18-21-38-81-73(92)9-2)90-49-72(86-87-90)80(7,52(3)4)85-78(95)58-37-44-101-51-58/h12-17,23-27,29-33,37,44-49,51-52,57,67H,8-11,18-22,28,34-36,38-43,50H2,1-7H3,(H,81,92)(H,82,93)(H,83,94)(H,85,95)/t67-,80-/m0/s1. The number of para-hydroxylation sites is 2. The van der Waals surface area contributed by atoms with Crippen LogP contribution in [0.15, 0.2) is 159 Å². The zero-order chi connectivity index (χ0) is 72.1. The number of nitrogens with zero attached hydrogens (tertiary/aromatic N) is 6. The SMILES string of the molecule is CCCc1ccccc1N=c1ccc2c(-c3ccccc3S(=O)(=O)N3CCC(C(=O)NCCCCCCNC(=O)c4cc(C)c(C(=O)OCC(=O)[C@H](CCCCNC(=O)CC)n5cc([C@@](C)(NC(=O)c6ccsc6)C(C)C)nn5)c(C)c4)CC3)c3ccc(N4CCc5ccccc54)cc3oc-2c1. The molecule has 4 N–H and O–H groups in total. The lowest BCUT2D eigenvalue weighted by Crippen LogP contribution is -2.47. The number of ketones is 1. The van der Waals surface area contributed by atoms with Crippen molar-refractivity contribution >= 4 is 84.8 Å². The molecular formula is C80H92N10O10S2. The molecule has 102 heavy (non-hydrogen) atoms. The number of hydrogen-bond donors (Lipinski definition) is 4. The first-order chi connectivity index (χ1) is 49.3. The number of nitrogens with one attached hydrogen (secondary N) is 4. The molecule has 0 radical (unpaired) electrons. The Balaban J connectivity index is 0.655. The molecule has 7 aromatic rings. The van der Waals surface area contributed by atoms with Crippen molar-refractivity contribution in [2.45, 2.75) is 148 Å². The topological polar surface area (TPSA) is 257 Å². The lowest BCUT2D eigenvalue weighted by molar-refractivity contribution is -0.126. The van der Waals surface area contributed by atoms with Gasteiger partial charge in [-0.2, -0.15) is 15.6 Å². The van der Waals surface area contributed by atoms with Crippen LogP contribution >= 0.6 is 11.3 Å². The van der Waals surface area contributed by atoms with Crippen LogP contribution in [0.3, 0.4) is 0 Å². The van der Waals surface area contributed by atoms with Crippen LogP contribution in [0, 0.1) is 25.7 Å². The van der Waals surface area contributed by atoms with E-state index >= 15 is 8.42 Å². The second-order valence-electron chi connectivity index (χ2n) is 27.1. The number of fused-ring (bicyclic) bond motifs is 3. The smallest absolute Gasteiger partial charge is 0.339 e. The maximum atomic E-state index is 15.0. The average Bonchev–Trinajstić information content (AvgIpc) is 0.788. The summed E-state index contributed by atoms with van der Waals surface area (Å²) in [5.74, 6) is -1.72. The summed E-state index contributed by atoms with van der Waals surface area (Å²) in [4.78, 5) is 87.5. The molecule has 5 heterocycles. The van der Waals surface area contributed by atoms with Crippen LogP contribution < -0.4 is 31.5 Å². The van der Waals surface area contributed by atoms with Crippen LogP contribution in [-0.2, 0) is 47.5 Å². The van der Waals surface area contributed by atoms with Crippen molar-refractivity contribution in [2.75, 3.05) is 50.8 Å². The summed E-state index contributed by atoms with van der Waals surface area (Å²) in [5.41, 5.74) is 9.84. The van der Waals surface area contributed by atoms with Gasteiger partial charge in [0.15, 0.2) is 12.4 Å². The molecule has 534 valence electrons. The van der Waals surface area contributed by atoms with E-state index in [-0.39, 0.29) is 59.0 Å². The van der Waals surface area contributed by atoms with E-state index in [2.05, 4.69) is 85.9 Å². The number of unbranched alkanes of at least 4 members (excludes halogenated alkanes) is 4. The van der Waals surface area contributed by atoms with Gasteiger partial charge >= 0.3 is 5.97 Å². The van der Waals surface area contributed by atoms with Gasteiger partial charge in [0.1, 0.15) is 23.1 Å². The number of carbonyl (C=O) groups is 6. The third-order valence-electron chi connectivity index (χ3n) is 19.9. The highest BCUT2D eigenvalue weighted by Gasteiger charge is 2.38. The summed E-state index contributed by atoms with van der Waals surface area (Å²) >= 11 is 1.42. The van der Waals surface area contributed by atoms with Gasteiger partial charge in [-0.3, -0.25) is 24.0 Å². The molecule has 2 aromatic heterocycles. The predicted octanol–water partition coefficient (Wildman–Crippen LogP) is 13.8. The highest BCUT2D eigenvalue weighted by Crippen LogP contribution is 2.45. The predicted molar refractivity (Wildman–Crippen MR) is 398 cm³/mol. The minimum Gasteiger partial charge on any atom is -0.456 e. The third-order valence-corrected chi connectivity index (χ3v) is 22.5. The molecule has 0 spiro atoms. The molecule has 1 fully saturated rings. The van der Waals surface area contributed by atoms with Crippen LogP contribution in [0.2, 0.25) is 0 Å². The number of aryl methyl sites for hydroxylation is 3. The maximum Gasteiger partial charge on any atom is 0.339 e. The Morgan fingerprint density at radius 3 is 2.22 bits per heavy atom. The molecule has 2 atom stereocenters. The number of esters is 1. The van der Waals surface area contributed by atoms with E-state index < -0.39 is 40.0 Å². The van der Waals surface area contributed by atoms with Crippen molar-refractivity contribution in [3.63, 3.8) is 0 Å². The molecule has 0 bridgehead atoms. The molecule has 1 saturated heterocycles. The third kappa shape index (κ3) is 16.9. The number of ether oxygens (including phenoxy) is 1. The van der Waals surface area contributed by atoms with E-state index in [9.17, 15) is 28.8 Å². The molecule has 20 nitrogen and oxygen atoms in total. The van der Waals surface area contributed by atoms with Crippen LogP contribution in [-0.4, -0.2) is 109 Å². The summed E-state index contributed by atoms with van der Waals surface area (Å²) in [6.07, 6.45) is 10.1. The summed E-state index contributed by atoms with van der Waals surface area (Å²) in [6, 6.07) is 40.0. The van der Waals surface area contributed by atoms with Crippen LogP contribution in [0.25, 0.3) is 33.4 Å². The normalized spacial score (nSPS) is 14.5. The Morgan fingerprint density at radius 1 is 0.755 bits per heavy atom. The zero-order valence-electron chi connectivity index (χ0n) is 59.3. The Labute approximate surface area is 601 Å². The van der Waals surface area contributed by atoms with Gasteiger partial charge in [0.2, 0.25) is 21.8 Å². The fourth-order valence-corrected chi connectivity index (χ4v) is 16.1. The van der Waals surface area contributed by atoms with Gasteiger partial charge in [-0.1, -0.05) is 107 Å². The summed E-state index contributed by atoms with van der Waals surface area (Å²) in [6.45, 7) is 15.1. The van der Waals surface area contributed by atoms with Crippen LogP contribution in [0.4, 0.5) is 17.1 Å². The number of anilines is 2. The van der Waals surface area contributed by atoms with Gasteiger partial charge in [0, 0.05) is 108 Å². The molecule has 4 amide bonds. The van der Waals surface area contributed by atoms with E-state index in [4.69, 9.17) is 14.1 Å². The average molecular weight is 1420 g/mol. The van der Waals surface area contributed by atoms with E-state index in [1.54, 1.807) is 62.7 Å². The maximum absolute atomic E-state index is 15.0. The highest BCUT2D eigenvalue weighted by atomic mass is 32.2. The number of carbonyl (C=O) groups excluding carboxylic acids is 6. The van der Waals surface area contributed by atoms with Gasteiger partial charge in [-0.05, 0) is 173 Å². The molecule has 0 saturated carbocycles. The number of hydrogen-bond acceptors (Lipinski definition) is 15. The minimum atomic E-state index is -4.06. The Morgan fingerprint density at radius 2 is 1.47 bits per heavy atom. The largest absolute Gasteiger partial charge is 0.456 e. The minimum absolute atomic E-state index is 0.0711. The van der Waals surface area contributed by atoms with Crippen molar-refractivity contribution in [1.29, 1.82) is 0 Å². The van der Waals surface area contributed by atoms with Crippen molar-refractivity contribution in [3.05, 3.63) is 194 Å². The first-order valence-corrected chi connectivity index (χ1v) is 38.1. The lowest BCUT2D eigenvalue weighted by Gasteiger charge is -2.32. The van der Waals surface area contributed by atoms with Gasteiger partial charge in [0.25, 0.3) is 11.8 Å². The monoisotopic (exact) mass is 1420 g/mol. The summed E-state index contributed by atoms with van der Waals surface area (Å²) in [7, 11) is -4.06. The Hall–Kier alpha value is -9.64. The molecule has 22 heteroatoms. The number of benzene rings is 6. The number of amides is 4. The van der Waals surface area contributed by atoms with E-state index in [0.717, 1.165) is 89.6 Å². The second-order valence-corrected chi connectivity index (χ2v) is 29.8. The number of aromatic nitrogens is 3. The molecule has 11 rings (SSSR count). The Bertz CT molecular complexity index is 4650.